The first kappa shape index (κ1) is 21.0. The van der Waals surface area contributed by atoms with Gasteiger partial charge in [-0.2, -0.15) is 0 Å². The van der Waals surface area contributed by atoms with Crippen LogP contribution in [0.15, 0.2) is 53.3 Å². The molecule has 0 bridgehead atoms. The smallest absolute Gasteiger partial charge is 0.277 e. The van der Waals surface area contributed by atoms with E-state index in [1.54, 1.807) is 18.2 Å². The lowest BCUT2D eigenvalue weighted by Crippen LogP contribution is -2.48. The maximum atomic E-state index is 12.6. The molecule has 3 aromatic rings. The average molecular weight is 422 g/mol. The third-order valence-corrected chi connectivity index (χ3v) is 5.53. The van der Waals surface area contributed by atoms with Crippen LogP contribution < -0.4 is 10.3 Å². The molecule has 0 N–H and O–H groups in total. The van der Waals surface area contributed by atoms with Crippen molar-refractivity contribution < 1.29 is 9.53 Å². The second-order valence-electron chi connectivity index (χ2n) is 7.62. The van der Waals surface area contributed by atoms with E-state index in [4.69, 9.17) is 4.74 Å². The van der Waals surface area contributed by atoms with Crippen molar-refractivity contribution in [2.75, 3.05) is 32.8 Å². The second-order valence-corrected chi connectivity index (χ2v) is 7.62. The topological polar surface area (TPSA) is 80.6 Å². The standard InChI is InChI=1S/C23H27N5O3/c1-2-31-19-9-7-18(8-10-19)17-26-13-15-27(16-14-26)22(29)11-12-28-23(30)20-5-3-4-6-21(20)24-25-28/h3-10H,2,11-17H2,1H3. The molecule has 4 rings (SSSR count). The fourth-order valence-electron chi connectivity index (χ4n) is 3.80. The molecule has 1 aromatic heterocycles. The van der Waals surface area contributed by atoms with E-state index >= 15 is 0 Å². The summed E-state index contributed by atoms with van der Waals surface area (Å²) in [6, 6.07) is 15.3. The van der Waals surface area contributed by atoms with E-state index in [0.29, 0.717) is 30.6 Å². The number of rotatable bonds is 7. The molecular weight excluding hydrogens is 394 g/mol. The lowest BCUT2D eigenvalue weighted by Gasteiger charge is -2.34. The molecule has 2 aromatic carbocycles. The van der Waals surface area contributed by atoms with Crippen LogP contribution in [0, 0.1) is 0 Å². The van der Waals surface area contributed by atoms with E-state index < -0.39 is 0 Å². The molecule has 162 valence electrons. The van der Waals surface area contributed by atoms with Gasteiger partial charge in [0.25, 0.3) is 5.56 Å². The van der Waals surface area contributed by atoms with Crippen LogP contribution in [-0.2, 0) is 17.9 Å². The molecule has 8 heteroatoms. The number of fused-ring (bicyclic) bond motifs is 1. The van der Waals surface area contributed by atoms with Gasteiger partial charge in [0, 0.05) is 39.1 Å². The van der Waals surface area contributed by atoms with Gasteiger partial charge in [-0.1, -0.05) is 29.5 Å². The van der Waals surface area contributed by atoms with E-state index in [0.717, 1.165) is 25.4 Å². The summed E-state index contributed by atoms with van der Waals surface area (Å²) in [4.78, 5) is 29.4. The molecule has 0 spiro atoms. The van der Waals surface area contributed by atoms with Gasteiger partial charge in [-0.25, -0.2) is 4.68 Å². The van der Waals surface area contributed by atoms with Crippen LogP contribution in [0.2, 0.25) is 0 Å². The van der Waals surface area contributed by atoms with Gasteiger partial charge in [-0.3, -0.25) is 14.5 Å². The fraction of sp³-hybridized carbons (Fsp3) is 0.391. The van der Waals surface area contributed by atoms with E-state index in [-0.39, 0.29) is 24.4 Å². The summed E-state index contributed by atoms with van der Waals surface area (Å²) >= 11 is 0. The van der Waals surface area contributed by atoms with Gasteiger partial charge in [0.2, 0.25) is 5.91 Å². The van der Waals surface area contributed by atoms with Gasteiger partial charge in [0.1, 0.15) is 11.3 Å². The lowest BCUT2D eigenvalue weighted by molar-refractivity contribution is -0.133. The van der Waals surface area contributed by atoms with Crippen molar-refractivity contribution in [2.24, 2.45) is 0 Å². The maximum absolute atomic E-state index is 12.6. The monoisotopic (exact) mass is 421 g/mol. The number of benzene rings is 2. The lowest BCUT2D eigenvalue weighted by atomic mass is 10.2. The molecule has 0 saturated carbocycles. The van der Waals surface area contributed by atoms with Crippen LogP contribution in [0.1, 0.15) is 18.9 Å². The normalized spacial score (nSPS) is 14.7. The van der Waals surface area contributed by atoms with Crippen molar-refractivity contribution in [3.05, 3.63) is 64.4 Å². The summed E-state index contributed by atoms with van der Waals surface area (Å²) in [6.07, 6.45) is 0.242. The van der Waals surface area contributed by atoms with Crippen LogP contribution >= 0.6 is 0 Å². The quantitative estimate of drug-likeness (QED) is 0.580. The minimum Gasteiger partial charge on any atom is -0.494 e. The Labute approximate surface area is 181 Å². The number of ether oxygens (including phenoxy) is 1. The maximum Gasteiger partial charge on any atom is 0.277 e. The van der Waals surface area contributed by atoms with Gasteiger partial charge in [0.05, 0.1) is 18.5 Å². The molecule has 0 radical (unpaired) electrons. The Morgan fingerprint density at radius 3 is 2.52 bits per heavy atom. The van der Waals surface area contributed by atoms with E-state index in [1.807, 2.05) is 30.0 Å². The number of nitrogens with zero attached hydrogens (tertiary/aromatic N) is 5. The highest BCUT2D eigenvalue weighted by Crippen LogP contribution is 2.15. The van der Waals surface area contributed by atoms with E-state index in [2.05, 4.69) is 27.3 Å². The van der Waals surface area contributed by atoms with Crippen molar-refractivity contribution >= 4 is 16.8 Å². The Kier molecular flexibility index (Phi) is 6.57. The van der Waals surface area contributed by atoms with Crippen molar-refractivity contribution in [1.29, 1.82) is 0 Å². The summed E-state index contributed by atoms with van der Waals surface area (Å²) in [7, 11) is 0. The first-order chi connectivity index (χ1) is 15.1. The number of carbonyl (C=O) groups is 1. The molecule has 0 aliphatic carbocycles. The summed E-state index contributed by atoms with van der Waals surface area (Å²) in [5.41, 5.74) is 1.59. The Morgan fingerprint density at radius 2 is 1.77 bits per heavy atom. The predicted molar refractivity (Wildman–Crippen MR) is 118 cm³/mol. The molecule has 1 amide bonds. The number of piperazine rings is 1. The molecule has 1 aliphatic rings. The van der Waals surface area contributed by atoms with E-state index in [9.17, 15) is 9.59 Å². The zero-order chi connectivity index (χ0) is 21.6. The van der Waals surface area contributed by atoms with Gasteiger partial charge in [0.15, 0.2) is 0 Å². The van der Waals surface area contributed by atoms with Crippen molar-refractivity contribution in [2.45, 2.75) is 26.4 Å². The zero-order valence-corrected chi connectivity index (χ0v) is 17.7. The number of hydrogen-bond donors (Lipinski definition) is 0. The predicted octanol–water partition coefficient (Wildman–Crippen LogP) is 1.92. The molecular formula is C23H27N5O3. The Balaban J connectivity index is 1.27. The van der Waals surface area contributed by atoms with Crippen LogP contribution in [0.4, 0.5) is 0 Å². The molecule has 2 heterocycles. The molecule has 1 aliphatic heterocycles. The van der Waals surface area contributed by atoms with Crippen LogP contribution in [0.3, 0.4) is 0 Å². The zero-order valence-electron chi connectivity index (χ0n) is 17.7. The van der Waals surface area contributed by atoms with Gasteiger partial charge < -0.3 is 9.64 Å². The Bertz CT molecular complexity index is 1090. The Hall–Kier alpha value is -3.26. The number of amides is 1. The molecule has 1 fully saturated rings. The number of aromatic nitrogens is 3. The van der Waals surface area contributed by atoms with Gasteiger partial charge in [-0.05, 0) is 36.8 Å². The summed E-state index contributed by atoms with van der Waals surface area (Å²) in [5.74, 6) is 0.930. The average Bonchev–Trinajstić information content (AvgIpc) is 2.80. The summed E-state index contributed by atoms with van der Waals surface area (Å²) in [5, 5.41) is 8.56. The minimum atomic E-state index is -0.210. The second kappa shape index (κ2) is 9.70. The van der Waals surface area contributed by atoms with Crippen LogP contribution in [0.5, 0.6) is 5.75 Å². The van der Waals surface area contributed by atoms with Crippen molar-refractivity contribution in [3.63, 3.8) is 0 Å². The Morgan fingerprint density at radius 1 is 1.03 bits per heavy atom. The van der Waals surface area contributed by atoms with Crippen molar-refractivity contribution in [1.82, 2.24) is 24.8 Å². The number of hydrogen-bond acceptors (Lipinski definition) is 6. The molecule has 0 atom stereocenters. The molecule has 1 saturated heterocycles. The highest BCUT2D eigenvalue weighted by atomic mass is 16.5. The molecule has 0 unspecified atom stereocenters. The summed E-state index contributed by atoms with van der Waals surface area (Å²) in [6.45, 7) is 6.77. The first-order valence-corrected chi connectivity index (χ1v) is 10.7. The number of aryl methyl sites for hydroxylation is 1. The summed E-state index contributed by atoms with van der Waals surface area (Å²) < 4.78 is 6.77. The van der Waals surface area contributed by atoms with Gasteiger partial charge in [-0.15, -0.1) is 5.10 Å². The van der Waals surface area contributed by atoms with Crippen LogP contribution in [-0.4, -0.2) is 63.5 Å². The van der Waals surface area contributed by atoms with Crippen LogP contribution in [0.25, 0.3) is 10.9 Å². The van der Waals surface area contributed by atoms with Gasteiger partial charge >= 0.3 is 0 Å². The third-order valence-electron chi connectivity index (χ3n) is 5.53. The molecule has 8 nitrogen and oxygen atoms in total. The fourth-order valence-corrected chi connectivity index (χ4v) is 3.80. The SMILES string of the molecule is CCOc1ccc(CN2CCN(C(=O)CCn3nnc4ccccc4c3=O)CC2)cc1. The third kappa shape index (κ3) is 5.08. The number of carbonyl (C=O) groups excluding carboxylic acids is 1. The minimum absolute atomic E-state index is 0.0441. The first-order valence-electron chi connectivity index (χ1n) is 10.7. The van der Waals surface area contributed by atoms with E-state index in [1.165, 1.54) is 10.2 Å². The highest BCUT2D eigenvalue weighted by molar-refractivity contribution is 5.77. The highest BCUT2D eigenvalue weighted by Gasteiger charge is 2.21. The van der Waals surface area contributed by atoms with Crippen molar-refractivity contribution in [3.8, 4) is 5.75 Å². The molecule has 31 heavy (non-hydrogen) atoms. The largest absolute Gasteiger partial charge is 0.494 e.